The summed E-state index contributed by atoms with van der Waals surface area (Å²) in [4.78, 5) is 23.3. The first-order valence-corrected chi connectivity index (χ1v) is 7.81. The van der Waals surface area contributed by atoms with Crippen LogP contribution in [0.25, 0.3) is 0 Å². The fourth-order valence-electron chi connectivity index (χ4n) is 1.73. The van der Waals surface area contributed by atoms with Crippen molar-refractivity contribution in [1.29, 1.82) is 0 Å². The largest absolute Gasteiger partial charge is 0.324 e. The van der Waals surface area contributed by atoms with E-state index < -0.39 is 5.82 Å². The molecular weight excluding hydrogens is 325 g/mol. The third-order valence-electron chi connectivity index (χ3n) is 2.85. The van der Waals surface area contributed by atoms with Gasteiger partial charge in [-0.25, -0.2) is 4.39 Å². The van der Waals surface area contributed by atoms with Crippen LogP contribution in [0.15, 0.2) is 47.4 Å². The van der Waals surface area contributed by atoms with E-state index >= 15 is 0 Å². The molecule has 0 spiro atoms. The molecular formula is C16H13ClFNO2S. The van der Waals surface area contributed by atoms with Gasteiger partial charge in [-0.05, 0) is 31.2 Å². The van der Waals surface area contributed by atoms with E-state index in [9.17, 15) is 14.0 Å². The van der Waals surface area contributed by atoms with Crippen molar-refractivity contribution in [3.05, 3.63) is 58.9 Å². The van der Waals surface area contributed by atoms with Crippen molar-refractivity contribution in [3.8, 4) is 0 Å². The quantitative estimate of drug-likeness (QED) is 0.649. The van der Waals surface area contributed by atoms with E-state index in [0.717, 1.165) is 11.8 Å². The summed E-state index contributed by atoms with van der Waals surface area (Å²) in [5, 5.41) is 3.10. The number of halogens is 2. The second-order valence-corrected chi connectivity index (χ2v) is 5.94. The maximum absolute atomic E-state index is 13.8. The van der Waals surface area contributed by atoms with E-state index in [1.807, 2.05) is 0 Å². The maximum Gasteiger partial charge on any atom is 0.234 e. The molecule has 0 aliphatic carbocycles. The third kappa shape index (κ3) is 4.32. The number of thioether (sulfide) groups is 1. The molecule has 0 saturated heterocycles. The summed E-state index contributed by atoms with van der Waals surface area (Å²) >= 11 is 7.00. The van der Waals surface area contributed by atoms with Crippen LogP contribution in [0.3, 0.4) is 0 Å². The van der Waals surface area contributed by atoms with Crippen molar-refractivity contribution >= 4 is 40.7 Å². The molecule has 0 unspecified atom stereocenters. The minimum atomic E-state index is -0.511. The molecule has 1 N–H and O–H groups in total. The average molecular weight is 338 g/mol. The lowest BCUT2D eigenvalue weighted by Gasteiger charge is -2.07. The predicted molar refractivity (Wildman–Crippen MR) is 87.2 cm³/mol. The van der Waals surface area contributed by atoms with Gasteiger partial charge in [0, 0.05) is 10.5 Å². The zero-order valence-electron chi connectivity index (χ0n) is 11.7. The molecule has 114 valence electrons. The van der Waals surface area contributed by atoms with Gasteiger partial charge in [-0.1, -0.05) is 29.8 Å². The lowest BCUT2D eigenvalue weighted by molar-refractivity contribution is -0.113. The molecule has 6 heteroatoms. The van der Waals surface area contributed by atoms with Crippen molar-refractivity contribution in [2.45, 2.75) is 11.8 Å². The number of amides is 1. The first-order valence-electron chi connectivity index (χ1n) is 6.45. The number of carbonyl (C=O) groups is 2. The van der Waals surface area contributed by atoms with Crippen LogP contribution < -0.4 is 5.32 Å². The molecule has 0 aliphatic heterocycles. The van der Waals surface area contributed by atoms with Gasteiger partial charge < -0.3 is 5.32 Å². The van der Waals surface area contributed by atoms with Gasteiger partial charge in [-0.3, -0.25) is 9.59 Å². The van der Waals surface area contributed by atoms with Crippen molar-refractivity contribution in [3.63, 3.8) is 0 Å². The monoisotopic (exact) mass is 337 g/mol. The van der Waals surface area contributed by atoms with Gasteiger partial charge in [0.1, 0.15) is 5.82 Å². The molecule has 0 aliphatic rings. The Kier molecular flexibility index (Phi) is 5.57. The second kappa shape index (κ2) is 7.42. The number of anilines is 1. The Morgan fingerprint density at radius 1 is 1.23 bits per heavy atom. The van der Waals surface area contributed by atoms with Crippen molar-refractivity contribution < 1.29 is 14.0 Å². The van der Waals surface area contributed by atoms with Gasteiger partial charge in [0.25, 0.3) is 0 Å². The van der Waals surface area contributed by atoms with Gasteiger partial charge >= 0.3 is 0 Å². The summed E-state index contributed by atoms with van der Waals surface area (Å²) in [5.74, 6) is -0.954. The number of ketones is 1. The zero-order valence-corrected chi connectivity index (χ0v) is 13.3. The zero-order chi connectivity index (χ0) is 16.1. The standard InChI is InChI=1S/C16H13ClFNO2S/c1-10(20)11-6-7-15(13(18)8-11)22-9-16(21)19-14-5-3-2-4-12(14)17/h2-8H,9H2,1H3,(H,19,21). The number of hydrogen-bond donors (Lipinski definition) is 1. The molecule has 2 aromatic rings. The van der Waals surface area contributed by atoms with Crippen LogP contribution in [0.5, 0.6) is 0 Å². The summed E-state index contributed by atoms with van der Waals surface area (Å²) in [5.41, 5.74) is 0.824. The molecule has 0 aromatic heterocycles. The maximum atomic E-state index is 13.8. The second-order valence-electron chi connectivity index (χ2n) is 4.52. The molecule has 22 heavy (non-hydrogen) atoms. The molecule has 0 heterocycles. The fourth-order valence-corrected chi connectivity index (χ4v) is 2.63. The topological polar surface area (TPSA) is 46.2 Å². The Morgan fingerprint density at radius 2 is 1.95 bits per heavy atom. The number of benzene rings is 2. The lowest BCUT2D eigenvalue weighted by Crippen LogP contribution is -2.14. The summed E-state index contributed by atoms with van der Waals surface area (Å²) in [6, 6.07) is 11.1. The number of Topliss-reactive ketones (excluding diaryl/α,β-unsaturated/α-hetero) is 1. The molecule has 3 nitrogen and oxygen atoms in total. The van der Waals surface area contributed by atoms with Gasteiger partial charge in [0.2, 0.25) is 5.91 Å². The Balaban J connectivity index is 1.97. The van der Waals surface area contributed by atoms with Crippen LogP contribution in [0.2, 0.25) is 5.02 Å². The third-order valence-corrected chi connectivity index (χ3v) is 4.22. The highest BCUT2D eigenvalue weighted by Gasteiger charge is 2.10. The first-order chi connectivity index (χ1) is 10.5. The van der Waals surface area contributed by atoms with E-state index in [0.29, 0.717) is 21.2 Å². The number of hydrogen-bond acceptors (Lipinski definition) is 3. The van der Waals surface area contributed by atoms with E-state index in [1.54, 1.807) is 30.3 Å². The summed E-state index contributed by atoms with van der Waals surface area (Å²) < 4.78 is 13.8. The van der Waals surface area contributed by atoms with Gasteiger partial charge in [0.15, 0.2) is 5.78 Å². The molecule has 0 bridgehead atoms. The minimum absolute atomic E-state index is 0.0432. The number of rotatable bonds is 5. The highest BCUT2D eigenvalue weighted by molar-refractivity contribution is 8.00. The molecule has 1 amide bonds. The number of para-hydroxylation sites is 1. The molecule has 0 radical (unpaired) electrons. The predicted octanol–water partition coefficient (Wildman–Crippen LogP) is 4.41. The van der Waals surface area contributed by atoms with E-state index in [1.165, 1.54) is 19.1 Å². The van der Waals surface area contributed by atoms with Gasteiger partial charge in [-0.15, -0.1) is 11.8 Å². The van der Waals surface area contributed by atoms with E-state index in [-0.39, 0.29) is 17.4 Å². The summed E-state index contributed by atoms with van der Waals surface area (Å²) in [7, 11) is 0. The van der Waals surface area contributed by atoms with Crippen LogP contribution in [-0.2, 0) is 4.79 Å². The Bertz CT molecular complexity index is 721. The van der Waals surface area contributed by atoms with E-state index in [4.69, 9.17) is 11.6 Å². The van der Waals surface area contributed by atoms with Gasteiger partial charge in [0.05, 0.1) is 16.5 Å². The van der Waals surface area contributed by atoms with Crippen LogP contribution in [0, 0.1) is 5.82 Å². The van der Waals surface area contributed by atoms with E-state index in [2.05, 4.69) is 5.32 Å². The molecule has 0 fully saturated rings. The SMILES string of the molecule is CC(=O)c1ccc(SCC(=O)Nc2ccccc2Cl)c(F)c1. The van der Waals surface area contributed by atoms with Crippen molar-refractivity contribution in [1.82, 2.24) is 0 Å². The van der Waals surface area contributed by atoms with Crippen LogP contribution in [-0.4, -0.2) is 17.4 Å². The van der Waals surface area contributed by atoms with Crippen molar-refractivity contribution in [2.24, 2.45) is 0 Å². The smallest absolute Gasteiger partial charge is 0.234 e. The number of nitrogens with one attached hydrogen (secondary N) is 1. The average Bonchev–Trinajstić information content (AvgIpc) is 2.48. The van der Waals surface area contributed by atoms with Crippen LogP contribution in [0.1, 0.15) is 17.3 Å². The van der Waals surface area contributed by atoms with Crippen molar-refractivity contribution in [2.75, 3.05) is 11.1 Å². The van der Waals surface area contributed by atoms with Crippen LogP contribution >= 0.6 is 23.4 Å². The number of carbonyl (C=O) groups excluding carboxylic acids is 2. The van der Waals surface area contributed by atoms with Gasteiger partial charge in [-0.2, -0.15) is 0 Å². The molecule has 2 aromatic carbocycles. The highest BCUT2D eigenvalue weighted by Crippen LogP contribution is 2.24. The Hall–Kier alpha value is -1.85. The summed E-state index contributed by atoms with van der Waals surface area (Å²) in [6.45, 7) is 1.37. The van der Waals surface area contributed by atoms with Crippen LogP contribution in [0.4, 0.5) is 10.1 Å². The summed E-state index contributed by atoms with van der Waals surface area (Å²) in [6.07, 6.45) is 0. The lowest BCUT2D eigenvalue weighted by atomic mass is 10.1. The minimum Gasteiger partial charge on any atom is -0.324 e. The Morgan fingerprint density at radius 3 is 2.59 bits per heavy atom. The molecule has 0 saturated carbocycles. The normalized spacial score (nSPS) is 10.3. The first kappa shape index (κ1) is 16.5. The highest BCUT2D eigenvalue weighted by atomic mass is 35.5. The fraction of sp³-hybridized carbons (Fsp3) is 0.125. The Labute approximate surface area is 136 Å². The molecule has 2 rings (SSSR count). The molecule has 0 atom stereocenters.